The van der Waals surface area contributed by atoms with Gasteiger partial charge < -0.3 is 10.6 Å². The summed E-state index contributed by atoms with van der Waals surface area (Å²) in [6, 6.07) is 9.26. The number of nitriles is 2. The van der Waals surface area contributed by atoms with Crippen LogP contribution in [0.25, 0.3) is 11.1 Å². The zero-order chi connectivity index (χ0) is 18.0. The Hall–Kier alpha value is -2.12. The Morgan fingerprint density at radius 2 is 1.64 bits per heavy atom. The van der Waals surface area contributed by atoms with E-state index in [1.165, 1.54) is 0 Å². The summed E-state index contributed by atoms with van der Waals surface area (Å²) < 4.78 is 0. The van der Waals surface area contributed by atoms with E-state index in [9.17, 15) is 10.5 Å². The van der Waals surface area contributed by atoms with Crippen LogP contribution in [-0.2, 0) is 0 Å². The van der Waals surface area contributed by atoms with Crippen LogP contribution >= 0.6 is 35.0 Å². The number of aromatic nitrogens is 1. The molecular formula is C17H13Cl2N5S. The zero-order valence-electron chi connectivity index (χ0n) is 13.1. The lowest BCUT2D eigenvalue weighted by molar-refractivity contribution is 0.838. The normalized spacial score (nSPS) is 14.0. The number of pyridine rings is 1. The molecule has 2 heterocycles. The van der Waals surface area contributed by atoms with Crippen molar-refractivity contribution >= 4 is 46.6 Å². The molecule has 1 fully saturated rings. The van der Waals surface area contributed by atoms with Crippen LogP contribution in [0.5, 0.6) is 0 Å². The number of thioether (sulfide) groups is 1. The van der Waals surface area contributed by atoms with Gasteiger partial charge in [-0.1, -0.05) is 29.3 Å². The van der Waals surface area contributed by atoms with E-state index >= 15 is 0 Å². The fourth-order valence-corrected chi connectivity index (χ4v) is 4.29. The first-order valence-electron chi connectivity index (χ1n) is 7.49. The predicted molar refractivity (Wildman–Crippen MR) is 103 cm³/mol. The van der Waals surface area contributed by atoms with Gasteiger partial charge in [-0.25, -0.2) is 4.98 Å². The lowest BCUT2D eigenvalue weighted by Gasteiger charge is -2.29. The maximum absolute atomic E-state index is 9.83. The third-order valence-corrected chi connectivity index (χ3v) is 5.53. The van der Waals surface area contributed by atoms with Gasteiger partial charge in [0.2, 0.25) is 0 Å². The highest BCUT2D eigenvalue weighted by atomic mass is 35.5. The van der Waals surface area contributed by atoms with Crippen molar-refractivity contribution in [3.8, 4) is 23.3 Å². The average Bonchev–Trinajstić information content (AvgIpc) is 2.62. The van der Waals surface area contributed by atoms with Crippen molar-refractivity contribution in [1.29, 1.82) is 10.5 Å². The van der Waals surface area contributed by atoms with Gasteiger partial charge in [-0.2, -0.15) is 22.3 Å². The van der Waals surface area contributed by atoms with Crippen LogP contribution in [0.4, 0.5) is 11.6 Å². The summed E-state index contributed by atoms with van der Waals surface area (Å²) in [5.74, 6) is 2.43. The van der Waals surface area contributed by atoms with Gasteiger partial charge in [0, 0.05) is 45.8 Å². The Morgan fingerprint density at radius 1 is 1.04 bits per heavy atom. The van der Waals surface area contributed by atoms with Crippen LogP contribution in [0, 0.1) is 22.7 Å². The largest absolute Gasteiger partial charge is 0.383 e. The number of hydrogen-bond acceptors (Lipinski definition) is 6. The summed E-state index contributed by atoms with van der Waals surface area (Å²) in [5, 5.41) is 20.1. The molecule has 8 heteroatoms. The minimum Gasteiger partial charge on any atom is -0.383 e. The first-order chi connectivity index (χ1) is 12.1. The quantitative estimate of drug-likeness (QED) is 0.836. The number of halogens is 2. The smallest absolute Gasteiger partial charge is 0.149 e. The van der Waals surface area contributed by atoms with E-state index in [0.717, 1.165) is 24.6 Å². The van der Waals surface area contributed by atoms with Crippen molar-refractivity contribution in [3.63, 3.8) is 0 Å². The second-order valence-corrected chi connectivity index (χ2v) is 7.40. The Balaban J connectivity index is 2.35. The second kappa shape index (κ2) is 7.41. The van der Waals surface area contributed by atoms with Crippen LogP contribution in [0.2, 0.25) is 10.0 Å². The summed E-state index contributed by atoms with van der Waals surface area (Å²) in [6.45, 7) is 1.51. The van der Waals surface area contributed by atoms with Crippen molar-refractivity contribution in [1.82, 2.24) is 4.98 Å². The van der Waals surface area contributed by atoms with E-state index in [2.05, 4.69) is 11.1 Å². The molecule has 0 aliphatic carbocycles. The van der Waals surface area contributed by atoms with Crippen LogP contribution in [0.15, 0.2) is 18.2 Å². The highest BCUT2D eigenvalue weighted by Crippen LogP contribution is 2.42. The van der Waals surface area contributed by atoms with E-state index in [4.69, 9.17) is 28.9 Å². The highest BCUT2D eigenvalue weighted by Gasteiger charge is 2.26. The van der Waals surface area contributed by atoms with Gasteiger partial charge in [-0.15, -0.1) is 0 Å². The zero-order valence-corrected chi connectivity index (χ0v) is 15.4. The molecule has 2 aromatic rings. The molecule has 25 heavy (non-hydrogen) atoms. The van der Waals surface area contributed by atoms with E-state index in [-0.39, 0.29) is 16.9 Å². The molecule has 126 valence electrons. The van der Waals surface area contributed by atoms with Gasteiger partial charge in [0.1, 0.15) is 34.9 Å². The van der Waals surface area contributed by atoms with E-state index in [1.54, 1.807) is 18.2 Å². The summed E-state index contributed by atoms with van der Waals surface area (Å²) in [4.78, 5) is 6.36. The number of nitrogens with zero attached hydrogens (tertiary/aromatic N) is 4. The van der Waals surface area contributed by atoms with Gasteiger partial charge in [-0.05, 0) is 12.1 Å². The molecule has 0 spiro atoms. The van der Waals surface area contributed by atoms with Crippen LogP contribution in [0.3, 0.4) is 0 Å². The standard InChI is InChI=1S/C17H13Cl2N5S/c18-12-2-1-3-13(19)15(12)14-10(8-20)16(22)23-17(11(14)9-21)24-4-6-25-7-5-24/h1-3H,4-7H2,(H2,22,23). The lowest BCUT2D eigenvalue weighted by Crippen LogP contribution is -2.34. The number of nitrogen functional groups attached to an aromatic ring is 1. The van der Waals surface area contributed by atoms with Crippen molar-refractivity contribution in [3.05, 3.63) is 39.4 Å². The van der Waals surface area contributed by atoms with Crippen molar-refractivity contribution in [2.75, 3.05) is 35.2 Å². The fraction of sp³-hybridized carbons (Fsp3) is 0.235. The Labute approximate surface area is 160 Å². The van der Waals surface area contributed by atoms with Gasteiger partial charge in [-0.3, -0.25) is 0 Å². The molecule has 0 bridgehead atoms. The molecule has 1 saturated heterocycles. The van der Waals surface area contributed by atoms with Crippen molar-refractivity contribution < 1.29 is 0 Å². The van der Waals surface area contributed by atoms with Crippen LogP contribution in [0.1, 0.15) is 11.1 Å². The summed E-state index contributed by atoms with van der Waals surface area (Å²) in [5.41, 5.74) is 7.20. The Morgan fingerprint density at radius 3 is 2.20 bits per heavy atom. The maximum atomic E-state index is 9.83. The number of anilines is 2. The highest BCUT2D eigenvalue weighted by molar-refractivity contribution is 7.99. The molecule has 1 aromatic heterocycles. The minimum absolute atomic E-state index is 0.0701. The third kappa shape index (κ3) is 3.21. The lowest BCUT2D eigenvalue weighted by atomic mass is 9.95. The summed E-state index contributed by atoms with van der Waals surface area (Å²) in [6.07, 6.45) is 0. The molecule has 2 N–H and O–H groups in total. The molecule has 1 aliphatic rings. The second-order valence-electron chi connectivity index (χ2n) is 5.37. The van der Waals surface area contributed by atoms with E-state index in [1.807, 2.05) is 22.7 Å². The topological polar surface area (TPSA) is 89.7 Å². The number of rotatable bonds is 2. The van der Waals surface area contributed by atoms with Gasteiger partial charge in [0.05, 0.1) is 0 Å². The molecule has 1 aliphatic heterocycles. The SMILES string of the molecule is N#Cc1c(N)nc(N2CCSCC2)c(C#N)c1-c1c(Cl)cccc1Cl. The van der Waals surface area contributed by atoms with Crippen LogP contribution in [-0.4, -0.2) is 29.6 Å². The average molecular weight is 390 g/mol. The molecular weight excluding hydrogens is 377 g/mol. The number of nitrogens with two attached hydrogens (primary N) is 1. The summed E-state index contributed by atoms with van der Waals surface area (Å²) in [7, 11) is 0. The molecule has 0 unspecified atom stereocenters. The van der Waals surface area contributed by atoms with Gasteiger partial charge >= 0.3 is 0 Å². The molecule has 0 atom stereocenters. The molecule has 5 nitrogen and oxygen atoms in total. The molecule has 0 amide bonds. The van der Waals surface area contributed by atoms with E-state index in [0.29, 0.717) is 27.0 Å². The van der Waals surface area contributed by atoms with E-state index < -0.39 is 0 Å². The number of benzene rings is 1. The Bertz CT molecular complexity index is 890. The molecule has 3 rings (SSSR count). The fourth-order valence-electron chi connectivity index (χ4n) is 2.80. The molecule has 1 aromatic carbocycles. The molecule has 0 radical (unpaired) electrons. The number of hydrogen-bond donors (Lipinski definition) is 1. The molecule has 0 saturated carbocycles. The Kier molecular flexibility index (Phi) is 5.24. The maximum Gasteiger partial charge on any atom is 0.149 e. The monoisotopic (exact) mass is 389 g/mol. The van der Waals surface area contributed by atoms with Crippen LogP contribution < -0.4 is 10.6 Å². The van der Waals surface area contributed by atoms with Crippen molar-refractivity contribution in [2.24, 2.45) is 0 Å². The predicted octanol–water partition coefficient (Wildman–Crippen LogP) is 3.93. The van der Waals surface area contributed by atoms with Gasteiger partial charge in [0.15, 0.2) is 0 Å². The van der Waals surface area contributed by atoms with Crippen molar-refractivity contribution in [2.45, 2.75) is 0 Å². The third-order valence-electron chi connectivity index (χ3n) is 3.95. The summed E-state index contributed by atoms with van der Waals surface area (Å²) >= 11 is 14.5. The first kappa shape index (κ1) is 17.7. The first-order valence-corrected chi connectivity index (χ1v) is 9.40. The van der Waals surface area contributed by atoms with Gasteiger partial charge in [0.25, 0.3) is 0 Å². The minimum atomic E-state index is 0.0701.